The second-order valence-electron chi connectivity index (χ2n) is 10.7. The van der Waals surface area contributed by atoms with Crippen molar-refractivity contribution in [3.63, 3.8) is 0 Å². The van der Waals surface area contributed by atoms with E-state index in [0.29, 0.717) is 5.92 Å². The molecule has 2 aliphatic carbocycles. The van der Waals surface area contributed by atoms with Crippen LogP contribution in [0.3, 0.4) is 0 Å². The van der Waals surface area contributed by atoms with Gasteiger partial charge in [0.2, 0.25) is 0 Å². The van der Waals surface area contributed by atoms with Crippen molar-refractivity contribution in [3.05, 3.63) is 71.3 Å². The summed E-state index contributed by atoms with van der Waals surface area (Å²) in [6, 6.07) is 10.8. The van der Waals surface area contributed by atoms with E-state index in [1.807, 2.05) is 0 Å². The van der Waals surface area contributed by atoms with Crippen LogP contribution in [0.2, 0.25) is 0 Å². The molecule has 2 atom stereocenters. The Balaban J connectivity index is 2.27. The van der Waals surface area contributed by atoms with Crippen molar-refractivity contribution in [3.8, 4) is 0 Å². The van der Waals surface area contributed by atoms with E-state index in [1.165, 1.54) is 5.56 Å². The molecule has 0 bridgehead atoms. The summed E-state index contributed by atoms with van der Waals surface area (Å²) in [5, 5.41) is 0. The maximum absolute atomic E-state index is 13.5. The molecule has 0 N–H and O–H groups in total. The highest BCUT2D eigenvalue weighted by atomic mass is 16.1. The van der Waals surface area contributed by atoms with Crippen LogP contribution in [0.1, 0.15) is 72.8 Å². The molecular weight excluding hydrogens is 340 g/mol. The van der Waals surface area contributed by atoms with E-state index >= 15 is 0 Å². The van der Waals surface area contributed by atoms with Gasteiger partial charge in [-0.15, -0.1) is 0 Å². The number of hydrogen-bond acceptors (Lipinski definition) is 1. The van der Waals surface area contributed by atoms with Gasteiger partial charge in [-0.25, -0.2) is 0 Å². The van der Waals surface area contributed by atoms with E-state index in [4.69, 9.17) is 0 Å². The molecule has 28 heavy (non-hydrogen) atoms. The average Bonchev–Trinajstić information content (AvgIpc) is 2.62. The van der Waals surface area contributed by atoms with E-state index in [0.717, 1.165) is 24.0 Å². The summed E-state index contributed by atoms with van der Waals surface area (Å²) < 4.78 is 0. The molecule has 0 radical (unpaired) electrons. The van der Waals surface area contributed by atoms with E-state index < -0.39 is 0 Å². The molecule has 2 aliphatic rings. The quantitative estimate of drug-likeness (QED) is 0.496. The lowest BCUT2D eigenvalue weighted by Crippen LogP contribution is -2.38. The van der Waals surface area contributed by atoms with Crippen LogP contribution in [-0.4, -0.2) is 5.78 Å². The topological polar surface area (TPSA) is 17.1 Å². The van der Waals surface area contributed by atoms with Crippen LogP contribution in [-0.2, 0) is 4.79 Å². The molecule has 1 aromatic carbocycles. The maximum Gasteiger partial charge on any atom is 0.185 e. The summed E-state index contributed by atoms with van der Waals surface area (Å²) in [5.41, 5.74) is 2.81. The Morgan fingerprint density at radius 1 is 0.893 bits per heavy atom. The summed E-state index contributed by atoms with van der Waals surface area (Å²) >= 11 is 0. The van der Waals surface area contributed by atoms with Gasteiger partial charge in [0, 0.05) is 22.5 Å². The van der Waals surface area contributed by atoms with Crippen molar-refractivity contribution in [1.29, 1.82) is 0 Å². The molecule has 1 nitrogen and oxygen atoms in total. The van der Waals surface area contributed by atoms with Gasteiger partial charge in [0.1, 0.15) is 0 Å². The lowest BCUT2D eigenvalue weighted by atomic mass is 9.57. The van der Waals surface area contributed by atoms with Crippen LogP contribution in [0.5, 0.6) is 0 Å². The number of carbonyl (C=O) groups excluding carboxylic acids is 1. The van der Waals surface area contributed by atoms with E-state index in [1.54, 1.807) is 0 Å². The second kappa shape index (κ2) is 7.17. The lowest BCUT2D eigenvalue weighted by Gasteiger charge is -2.46. The minimum absolute atomic E-state index is 0.143. The van der Waals surface area contributed by atoms with Gasteiger partial charge in [-0.05, 0) is 35.2 Å². The maximum atomic E-state index is 13.5. The largest absolute Gasteiger partial charge is 0.289 e. The highest BCUT2D eigenvalue weighted by molar-refractivity contribution is 6.11. The Hall–Kier alpha value is -1.89. The first kappa shape index (κ1) is 20.8. The van der Waals surface area contributed by atoms with Gasteiger partial charge in [-0.1, -0.05) is 103 Å². The van der Waals surface area contributed by atoms with Crippen LogP contribution in [0, 0.1) is 22.2 Å². The van der Waals surface area contributed by atoms with E-state index in [2.05, 4.69) is 103 Å². The summed E-state index contributed by atoms with van der Waals surface area (Å²) in [6.07, 6.45) is 11.7. The first-order valence-electron chi connectivity index (χ1n) is 10.7. The number of Topliss-reactive ketones (excluding diaryl/α,β-unsaturated/α-hetero) is 1. The Morgan fingerprint density at radius 2 is 1.43 bits per heavy atom. The number of rotatable bonds is 2. The fraction of sp³-hybridized carbons (Fsp3) is 0.519. The zero-order chi connectivity index (χ0) is 20.7. The Bertz CT molecular complexity index is 787. The van der Waals surface area contributed by atoms with Crippen LogP contribution in [0.4, 0.5) is 0 Å². The van der Waals surface area contributed by atoms with Crippen LogP contribution in [0.15, 0.2) is 65.8 Å². The Kier molecular flexibility index (Phi) is 5.34. The van der Waals surface area contributed by atoms with E-state index in [-0.39, 0.29) is 27.9 Å². The molecule has 150 valence electrons. The van der Waals surface area contributed by atoms with Gasteiger partial charge in [-0.3, -0.25) is 4.79 Å². The van der Waals surface area contributed by atoms with Gasteiger partial charge in [0.15, 0.2) is 5.78 Å². The first-order chi connectivity index (χ1) is 13.0. The molecule has 3 rings (SSSR count). The van der Waals surface area contributed by atoms with Gasteiger partial charge >= 0.3 is 0 Å². The highest BCUT2D eigenvalue weighted by Crippen LogP contribution is 2.54. The Morgan fingerprint density at radius 3 is 1.89 bits per heavy atom. The van der Waals surface area contributed by atoms with Gasteiger partial charge in [0.05, 0.1) is 0 Å². The molecule has 2 unspecified atom stereocenters. The molecule has 0 saturated carbocycles. The van der Waals surface area contributed by atoms with Gasteiger partial charge in [0.25, 0.3) is 0 Å². The standard InChI is InChI=1S/C27H36O/c1-8-19-14-15-21(20-12-10-9-11-13-20)27(16-19)17-22(25(2,3)4)24(28)23(18-27)26(5,6)7/h9-15,17-19,21H,8,16H2,1-7H3. The Labute approximate surface area is 171 Å². The predicted molar refractivity (Wildman–Crippen MR) is 119 cm³/mol. The molecule has 0 aliphatic heterocycles. The minimum Gasteiger partial charge on any atom is -0.289 e. The number of benzene rings is 1. The van der Waals surface area contributed by atoms with Gasteiger partial charge < -0.3 is 0 Å². The van der Waals surface area contributed by atoms with Crippen molar-refractivity contribution in [2.24, 2.45) is 22.2 Å². The molecule has 0 aromatic heterocycles. The fourth-order valence-corrected chi connectivity index (χ4v) is 4.73. The second-order valence-corrected chi connectivity index (χ2v) is 10.7. The summed E-state index contributed by atoms with van der Waals surface area (Å²) in [4.78, 5) is 13.5. The zero-order valence-electron chi connectivity index (χ0n) is 18.7. The minimum atomic E-state index is -0.168. The van der Waals surface area contributed by atoms with Crippen molar-refractivity contribution in [2.75, 3.05) is 0 Å². The van der Waals surface area contributed by atoms with Crippen molar-refractivity contribution < 1.29 is 4.79 Å². The SMILES string of the molecule is CCC1C=CC(c2ccccc2)C2(C=C(C(C)(C)C)C(=O)C(C(C)(C)C)=C2)C1. The number of ketones is 1. The monoisotopic (exact) mass is 376 g/mol. The number of carbonyl (C=O) groups is 1. The number of allylic oxidation sites excluding steroid dienone is 6. The number of hydrogen-bond donors (Lipinski definition) is 0. The molecule has 0 amide bonds. The van der Waals surface area contributed by atoms with Crippen molar-refractivity contribution in [2.45, 2.75) is 67.2 Å². The highest BCUT2D eigenvalue weighted by Gasteiger charge is 2.46. The first-order valence-corrected chi connectivity index (χ1v) is 10.7. The smallest absolute Gasteiger partial charge is 0.185 e. The third kappa shape index (κ3) is 3.81. The third-order valence-electron chi connectivity index (χ3n) is 6.38. The zero-order valence-corrected chi connectivity index (χ0v) is 18.7. The van der Waals surface area contributed by atoms with Crippen LogP contribution >= 0.6 is 0 Å². The molecule has 1 aromatic rings. The molecule has 0 fully saturated rings. The van der Waals surface area contributed by atoms with Crippen molar-refractivity contribution >= 4 is 5.78 Å². The predicted octanol–water partition coefficient (Wildman–Crippen LogP) is 7.27. The van der Waals surface area contributed by atoms with E-state index in [9.17, 15) is 4.79 Å². The van der Waals surface area contributed by atoms with Crippen molar-refractivity contribution in [1.82, 2.24) is 0 Å². The third-order valence-corrected chi connectivity index (χ3v) is 6.38. The molecular formula is C27H36O. The van der Waals surface area contributed by atoms with Gasteiger partial charge in [-0.2, -0.15) is 0 Å². The normalized spacial score (nSPS) is 24.9. The molecule has 0 saturated heterocycles. The molecule has 1 heteroatoms. The van der Waals surface area contributed by atoms with Crippen LogP contribution in [0.25, 0.3) is 0 Å². The average molecular weight is 377 g/mol. The summed E-state index contributed by atoms with van der Waals surface area (Å²) in [7, 11) is 0. The fourth-order valence-electron chi connectivity index (χ4n) is 4.73. The van der Waals surface area contributed by atoms with Crippen LogP contribution < -0.4 is 0 Å². The summed E-state index contributed by atoms with van der Waals surface area (Å²) in [6.45, 7) is 15.3. The molecule has 1 spiro atoms. The molecule has 0 heterocycles. The summed E-state index contributed by atoms with van der Waals surface area (Å²) in [5.74, 6) is 1.04. The lowest BCUT2D eigenvalue weighted by molar-refractivity contribution is -0.114.